The molecule has 2 atom stereocenters. The molecule has 0 saturated carbocycles. The first-order valence-corrected chi connectivity index (χ1v) is 7.17. The lowest BCUT2D eigenvalue weighted by molar-refractivity contribution is 0.0426. The third-order valence-corrected chi connectivity index (χ3v) is 3.92. The number of aromatic nitrogens is 2. The van der Waals surface area contributed by atoms with Gasteiger partial charge in [0.1, 0.15) is 0 Å². The maximum atomic E-state index is 4.49. The first-order chi connectivity index (χ1) is 8.61. The van der Waals surface area contributed by atoms with Crippen molar-refractivity contribution in [2.24, 2.45) is 0 Å². The summed E-state index contributed by atoms with van der Waals surface area (Å²) in [6.45, 7) is 10.6. The van der Waals surface area contributed by atoms with Crippen LogP contribution in [-0.2, 0) is 13.1 Å². The molecule has 2 rings (SSSR count). The number of hydrogen-bond acceptors (Lipinski definition) is 3. The third kappa shape index (κ3) is 2.93. The second-order valence-corrected chi connectivity index (χ2v) is 5.46. The summed E-state index contributed by atoms with van der Waals surface area (Å²) < 4.78 is 2.08. The second-order valence-electron chi connectivity index (χ2n) is 5.46. The predicted molar refractivity (Wildman–Crippen MR) is 74.1 cm³/mol. The molecule has 1 N–H and O–H groups in total. The molecule has 18 heavy (non-hydrogen) atoms. The van der Waals surface area contributed by atoms with Gasteiger partial charge in [-0.05, 0) is 46.6 Å². The molecule has 0 aromatic carbocycles. The van der Waals surface area contributed by atoms with Gasteiger partial charge >= 0.3 is 0 Å². The van der Waals surface area contributed by atoms with Gasteiger partial charge < -0.3 is 0 Å². The molecule has 1 aromatic rings. The average Bonchev–Trinajstić information content (AvgIpc) is 2.69. The van der Waals surface area contributed by atoms with Crippen molar-refractivity contribution in [1.29, 1.82) is 0 Å². The molecule has 0 bridgehead atoms. The molecular weight excluding hydrogens is 224 g/mol. The van der Waals surface area contributed by atoms with Crippen molar-refractivity contribution in [3.05, 3.63) is 17.5 Å². The minimum Gasteiger partial charge on any atom is -0.268 e. The molecule has 0 radical (unpaired) electrons. The zero-order valence-corrected chi connectivity index (χ0v) is 12.1. The average molecular weight is 250 g/mol. The number of piperidine rings is 1. The highest BCUT2D eigenvalue weighted by atomic mass is 15.5. The highest BCUT2D eigenvalue weighted by molar-refractivity contribution is 5.08. The van der Waals surface area contributed by atoms with E-state index in [4.69, 9.17) is 0 Å². The standard InChI is InChI=1S/C14H26N4/c1-5-17-14(9-11(2)16-17)10-15-18-12(3)7-6-8-13(18)4/h9,12-13,15H,5-8,10H2,1-4H3. The first-order valence-electron chi connectivity index (χ1n) is 7.17. The summed E-state index contributed by atoms with van der Waals surface area (Å²) in [6, 6.07) is 3.44. The van der Waals surface area contributed by atoms with E-state index in [0.717, 1.165) is 18.8 Å². The molecule has 1 saturated heterocycles. The summed E-state index contributed by atoms with van der Waals surface area (Å²) in [5.41, 5.74) is 5.98. The van der Waals surface area contributed by atoms with Crippen LogP contribution in [0.1, 0.15) is 51.4 Å². The van der Waals surface area contributed by atoms with Gasteiger partial charge in [-0.15, -0.1) is 0 Å². The largest absolute Gasteiger partial charge is 0.268 e. The lowest BCUT2D eigenvalue weighted by atomic mass is 10.00. The zero-order chi connectivity index (χ0) is 13.1. The van der Waals surface area contributed by atoms with Crippen LogP contribution in [0.25, 0.3) is 0 Å². The van der Waals surface area contributed by atoms with Crippen molar-refractivity contribution in [3.8, 4) is 0 Å². The first kappa shape index (κ1) is 13.6. The van der Waals surface area contributed by atoms with E-state index >= 15 is 0 Å². The van der Waals surface area contributed by atoms with Crippen molar-refractivity contribution < 1.29 is 0 Å². The summed E-state index contributed by atoms with van der Waals surface area (Å²) in [5, 5.41) is 6.91. The fourth-order valence-electron chi connectivity index (χ4n) is 2.92. The van der Waals surface area contributed by atoms with Crippen molar-refractivity contribution in [2.75, 3.05) is 0 Å². The van der Waals surface area contributed by atoms with Crippen molar-refractivity contribution in [1.82, 2.24) is 20.2 Å². The highest BCUT2D eigenvalue weighted by Crippen LogP contribution is 2.20. The number of hydrazine groups is 1. The Hall–Kier alpha value is -0.870. The molecule has 0 amide bonds. The molecular formula is C14H26N4. The zero-order valence-electron chi connectivity index (χ0n) is 12.1. The monoisotopic (exact) mass is 250 g/mol. The lowest BCUT2D eigenvalue weighted by Crippen LogP contribution is -2.51. The number of aryl methyl sites for hydroxylation is 2. The van der Waals surface area contributed by atoms with Crippen LogP contribution in [0.15, 0.2) is 6.07 Å². The Morgan fingerprint density at radius 3 is 2.61 bits per heavy atom. The molecule has 0 aliphatic carbocycles. The van der Waals surface area contributed by atoms with E-state index in [9.17, 15) is 0 Å². The third-order valence-electron chi connectivity index (χ3n) is 3.92. The van der Waals surface area contributed by atoms with E-state index in [1.165, 1.54) is 25.0 Å². The molecule has 102 valence electrons. The Labute approximate surface area is 110 Å². The molecule has 4 nitrogen and oxygen atoms in total. The van der Waals surface area contributed by atoms with Crippen LogP contribution in [0.3, 0.4) is 0 Å². The van der Waals surface area contributed by atoms with Crippen LogP contribution >= 0.6 is 0 Å². The Bertz CT molecular complexity index is 375. The SMILES string of the molecule is CCn1nc(C)cc1CNN1C(C)CCCC1C. The molecule has 2 unspecified atom stereocenters. The smallest absolute Gasteiger partial charge is 0.0597 e. The van der Waals surface area contributed by atoms with Gasteiger partial charge in [0, 0.05) is 18.6 Å². The molecule has 0 spiro atoms. The van der Waals surface area contributed by atoms with Gasteiger partial charge in [0.2, 0.25) is 0 Å². The minimum atomic E-state index is 0.632. The number of rotatable bonds is 4. The van der Waals surface area contributed by atoms with Gasteiger partial charge in [-0.2, -0.15) is 5.10 Å². The van der Waals surface area contributed by atoms with Crippen LogP contribution in [0.2, 0.25) is 0 Å². The molecule has 1 aliphatic heterocycles. The molecule has 1 fully saturated rings. The normalized spacial score (nSPS) is 25.6. The van der Waals surface area contributed by atoms with E-state index in [-0.39, 0.29) is 0 Å². The van der Waals surface area contributed by atoms with Crippen LogP contribution in [0, 0.1) is 6.92 Å². The lowest BCUT2D eigenvalue weighted by Gasteiger charge is -2.39. The van der Waals surface area contributed by atoms with Gasteiger partial charge in [-0.1, -0.05) is 6.42 Å². The van der Waals surface area contributed by atoms with Gasteiger partial charge in [0.15, 0.2) is 0 Å². The van der Waals surface area contributed by atoms with E-state index in [1.54, 1.807) is 0 Å². The van der Waals surface area contributed by atoms with Gasteiger partial charge in [-0.25, -0.2) is 10.4 Å². The van der Waals surface area contributed by atoms with Gasteiger partial charge in [0.05, 0.1) is 17.9 Å². The Kier molecular flexibility index (Phi) is 4.40. The van der Waals surface area contributed by atoms with Crippen molar-refractivity contribution in [2.45, 2.75) is 72.1 Å². The van der Waals surface area contributed by atoms with E-state index < -0.39 is 0 Å². The topological polar surface area (TPSA) is 33.1 Å². The summed E-state index contributed by atoms with van der Waals surface area (Å²) in [4.78, 5) is 0. The van der Waals surface area contributed by atoms with Crippen LogP contribution in [-0.4, -0.2) is 26.9 Å². The van der Waals surface area contributed by atoms with Crippen molar-refractivity contribution in [3.63, 3.8) is 0 Å². The highest BCUT2D eigenvalue weighted by Gasteiger charge is 2.24. The van der Waals surface area contributed by atoms with E-state index in [0.29, 0.717) is 12.1 Å². The predicted octanol–water partition coefficient (Wildman–Crippen LogP) is 2.48. The second kappa shape index (κ2) is 5.85. The van der Waals surface area contributed by atoms with Crippen LogP contribution < -0.4 is 5.43 Å². The summed E-state index contributed by atoms with van der Waals surface area (Å²) in [5.74, 6) is 0. The van der Waals surface area contributed by atoms with E-state index in [2.05, 4.69) is 54.0 Å². The molecule has 1 aromatic heterocycles. The Morgan fingerprint density at radius 2 is 2.00 bits per heavy atom. The fourth-order valence-corrected chi connectivity index (χ4v) is 2.92. The molecule has 4 heteroatoms. The van der Waals surface area contributed by atoms with Crippen LogP contribution in [0.4, 0.5) is 0 Å². The number of nitrogens with one attached hydrogen (secondary N) is 1. The minimum absolute atomic E-state index is 0.632. The number of nitrogens with zero attached hydrogens (tertiary/aromatic N) is 3. The summed E-state index contributed by atoms with van der Waals surface area (Å²) >= 11 is 0. The van der Waals surface area contributed by atoms with Crippen molar-refractivity contribution >= 4 is 0 Å². The molecule has 1 aliphatic rings. The fraction of sp³-hybridized carbons (Fsp3) is 0.786. The van der Waals surface area contributed by atoms with Gasteiger partial charge in [0.25, 0.3) is 0 Å². The Morgan fingerprint density at radius 1 is 1.33 bits per heavy atom. The van der Waals surface area contributed by atoms with Gasteiger partial charge in [-0.3, -0.25) is 4.68 Å². The van der Waals surface area contributed by atoms with E-state index in [1.807, 2.05) is 0 Å². The number of hydrogen-bond donors (Lipinski definition) is 1. The maximum Gasteiger partial charge on any atom is 0.0597 e. The summed E-state index contributed by atoms with van der Waals surface area (Å²) in [6.07, 6.45) is 3.94. The Balaban J connectivity index is 1.97. The quantitative estimate of drug-likeness (QED) is 0.891. The van der Waals surface area contributed by atoms with Crippen LogP contribution in [0.5, 0.6) is 0 Å². The molecule has 2 heterocycles. The summed E-state index contributed by atoms with van der Waals surface area (Å²) in [7, 11) is 0. The maximum absolute atomic E-state index is 4.49.